The number of ether oxygens (including phenoxy) is 1. The van der Waals surface area contributed by atoms with Gasteiger partial charge in [-0.2, -0.15) is 0 Å². The number of aliphatic carboxylic acids is 1. The second-order valence-electron chi connectivity index (χ2n) is 5.70. The van der Waals surface area contributed by atoms with E-state index in [2.05, 4.69) is 5.32 Å². The predicted molar refractivity (Wildman–Crippen MR) is 73.5 cm³/mol. The van der Waals surface area contributed by atoms with Gasteiger partial charge < -0.3 is 20.1 Å². The number of rotatable bonds is 5. The number of nitrogens with one attached hydrogen (secondary N) is 1. The number of nitrogens with zero attached hydrogens (tertiary/aromatic N) is 1. The molecule has 2 fully saturated rings. The highest BCUT2D eigenvalue weighted by molar-refractivity contribution is 5.80. The van der Waals surface area contributed by atoms with Crippen LogP contribution in [0.15, 0.2) is 0 Å². The molecule has 0 aromatic heterocycles. The zero-order valence-corrected chi connectivity index (χ0v) is 11.8. The van der Waals surface area contributed by atoms with Gasteiger partial charge in [0.25, 0.3) is 0 Å². The van der Waals surface area contributed by atoms with E-state index in [0.717, 1.165) is 51.7 Å². The first-order chi connectivity index (χ1) is 9.66. The fraction of sp³-hybridized carbons (Fsp3) is 0.857. The maximum atomic E-state index is 12.2. The van der Waals surface area contributed by atoms with Crippen LogP contribution in [0.2, 0.25) is 0 Å². The number of carboxylic acid groups (broad SMARTS) is 1. The number of carbonyl (C=O) groups is 2. The molecule has 2 rings (SSSR count). The Morgan fingerprint density at radius 1 is 1.15 bits per heavy atom. The molecule has 1 aliphatic heterocycles. The van der Waals surface area contributed by atoms with Gasteiger partial charge in [-0.15, -0.1) is 0 Å². The van der Waals surface area contributed by atoms with Crippen LogP contribution in [-0.4, -0.2) is 54.4 Å². The first-order valence-electron chi connectivity index (χ1n) is 7.51. The molecule has 2 aliphatic rings. The summed E-state index contributed by atoms with van der Waals surface area (Å²) in [6.07, 6.45) is 5.91. The molecule has 1 aliphatic carbocycles. The Morgan fingerprint density at radius 2 is 1.80 bits per heavy atom. The normalized spacial score (nSPS) is 20.8. The number of carboxylic acids is 1. The van der Waals surface area contributed by atoms with Crippen LogP contribution < -0.4 is 5.32 Å². The molecule has 0 aromatic rings. The minimum absolute atomic E-state index is 0.0841. The van der Waals surface area contributed by atoms with E-state index in [9.17, 15) is 9.59 Å². The first-order valence-corrected chi connectivity index (χ1v) is 7.51. The second kappa shape index (κ2) is 7.47. The van der Waals surface area contributed by atoms with Crippen molar-refractivity contribution in [1.29, 1.82) is 0 Å². The molecule has 0 spiro atoms. The number of amides is 2. The summed E-state index contributed by atoms with van der Waals surface area (Å²) in [4.78, 5) is 24.7. The first kappa shape index (κ1) is 15.1. The Hall–Kier alpha value is -1.30. The molecule has 1 heterocycles. The number of hydrogen-bond acceptors (Lipinski definition) is 3. The van der Waals surface area contributed by atoms with Crippen LogP contribution >= 0.6 is 0 Å². The maximum Gasteiger partial charge on any atom is 0.323 e. The molecule has 0 unspecified atom stereocenters. The minimum Gasteiger partial charge on any atom is -0.480 e. The van der Waals surface area contributed by atoms with Crippen molar-refractivity contribution in [3.63, 3.8) is 0 Å². The lowest BCUT2D eigenvalue weighted by atomic mass is 10.0. The lowest BCUT2D eigenvalue weighted by Crippen LogP contribution is -2.48. The molecule has 1 saturated carbocycles. The molecule has 0 radical (unpaired) electrons. The van der Waals surface area contributed by atoms with Gasteiger partial charge in [0.15, 0.2) is 0 Å². The van der Waals surface area contributed by atoms with Gasteiger partial charge in [-0.3, -0.25) is 4.79 Å². The van der Waals surface area contributed by atoms with E-state index in [1.54, 1.807) is 0 Å². The Labute approximate surface area is 119 Å². The average Bonchev–Trinajstić information content (AvgIpc) is 2.97. The summed E-state index contributed by atoms with van der Waals surface area (Å²) < 4.78 is 5.29. The van der Waals surface area contributed by atoms with Crippen molar-refractivity contribution in [2.24, 2.45) is 5.92 Å². The smallest absolute Gasteiger partial charge is 0.323 e. The molecule has 0 atom stereocenters. The molecule has 0 bridgehead atoms. The van der Waals surface area contributed by atoms with Crippen molar-refractivity contribution in [3.8, 4) is 0 Å². The number of hydrogen-bond donors (Lipinski definition) is 2. The summed E-state index contributed by atoms with van der Waals surface area (Å²) in [5.74, 6) is -0.499. The number of carbonyl (C=O) groups excluding carboxylic acids is 1. The lowest BCUT2D eigenvalue weighted by molar-refractivity contribution is -0.138. The van der Waals surface area contributed by atoms with Crippen LogP contribution in [0, 0.1) is 5.92 Å². The van der Waals surface area contributed by atoms with E-state index >= 15 is 0 Å². The molecule has 0 aromatic carbocycles. The summed E-state index contributed by atoms with van der Waals surface area (Å²) in [6.45, 7) is 1.92. The van der Waals surface area contributed by atoms with Gasteiger partial charge in [-0.05, 0) is 31.6 Å². The SMILES string of the molecule is O=C(O)CN(C(=O)NCC1CCOCC1)C1CCCC1. The highest BCUT2D eigenvalue weighted by Gasteiger charge is 2.28. The highest BCUT2D eigenvalue weighted by Crippen LogP contribution is 2.23. The fourth-order valence-electron chi connectivity index (χ4n) is 3.01. The fourth-order valence-corrected chi connectivity index (χ4v) is 3.01. The third-order valence-corrected chi connectivity index (χ3v) is 4.21. The van der Waals surface area contributed by atoms with Crippen molar-refractivity contribution < 1.29 is 19.4 Å². The molecule has 1 saturated heterocycles. The maximum absolute atomic E-state index is 12.2. The molecule has 114 valence electrons. The van der Waals surface area contributed by atoms with E-state index in [1.807, 2.05) is 0 Å². The molecule has 20 heavy (non-hydrogen) atoms. The zero-order valence-electron chi connectivity index (χ0n) is 11.8. The van der Waals surface area contributed by atoms with Crippen LogP contribution in [0.25, 0.3) is 0 Å². The van der Waals surface area contributed by atoms with Gasteiger partial charge in [-0.25, -0.2) is 4.79 Å². The van der Waals surface area contributed by atoms with E-state index in [4.69, 9.17) is 9.84 Å². The molecule has 2 N–H and O–H groups in total. The molecular weight excluding hydrogens is 260 g/mol. The Morgan fingerprint density at radius 3 is 2.40 bits per heavy atom. The molecular formula is C14H24N2O4. The highest BCUT2D eigenvalue weighted by atomic mass is 16.5. The summed E-state index contributed by atoms with van der Waals surface area (Å²) in [5, 5.41) is 11.9. The van der Waals surface area contributed by atoms with Crippen LogP contribution in [0.4, 0.5) is 4.79 Å². The van der Waals surface area contributed by atoms with Gasteiger partial charge in [0.05, 0.1) is 0 Å². The van der Waals surface area contributed by atoms with E-state index < -0.39 is 5.97 Å². The Balaban J connectivity index is 1.83. The average molecular weight is 284 g/mol. The monoisotopic (exact) mass is 284 g/mol. The molecule has 6 nitrogen and oxygen atoms in total. The largest absolute Gasteiger partial charge is 0.480 e. The van der Waals surface area contributed by atoms with Crippen LogP contribution in [0.3, 0.4) is 0 Å². The van der Waals surface area contributed by atoms with Crippen LogP contribution in [0.5, 0.6) is 0 Å². The quantitative estimate of drug-likeness (QED) is 0.801. The van der Waals surface area contributed by atoms with Crippen molar-refractivity contribution in [3.05, 3.63) is 0 Å². The van der Waals surface area contributed by atoms with Crippen molar-refractivity contribution in [1.82, 2.24) is 10.2 Å². The minimum atomic E-state index is -0.946. The third-order valence-electron chi connectivity index (χ3n) is 4.21. The summed E-state index contributed by atoms with van der Waals surface area (Å²) in [6, 6.07) is -0.147. The topological polar surface area (TPSA) is 78.9 Å². The summed E-state index contributed by atoms with van der Waals surface area (Å²) >= 11 is 0. The molecule has 2 amide bonds. The van der Waals surface area contributed by atoms with Gasteiger partial charge in [0.1, 0.15) is 6.54 Å². The van der Waals surface area contributed by atoms with Crippen molar-refractivity contribution in [2.75, 3.05) is 26.3 Å². The van der Waals surface area contributed by atoms with E-state index in [1.165, 1.54) is 4.90 Å². The predicted octanol–water partition coefficient (Wildman–Crippen LogP) is 1.45. The van der Waals surface area contributed by atoms with Gasteiger partial charge in [0.2, 0.25) is 0 Å². The zero-order chi connectivity index (χ0) is 14.4. The number of urea groups is 1. The van der Waals surface area contributed by atoms with Crippen molar-refractivity contribution in [2.45, 2.75) is 44.6 Å². The van der Waals surface area contributed by atoms with Crippen LogP contribution in [0.1, 0.15) is 38.5 Å². The Bertz CT molecular complexity index is 336. The lowest BCUT2D eigenvalue weighted by Gasteiger charge is -2.29. The van der Waals surface area contributed by atoms with Crippen LogP contribution in [-0.2, 0) is 9.53 Å². The third kappa shape index (κ3) is 4.37. The Kier molecular flexibility index (Phi) is 5.64. The second-order valence-corrected chi connectivity index (χ2v) is 5.70. The van der Waals surface area contributed by atoms with Gasteiger partial charge >= 0.3 is 12.0 Å². The summed E-state index contributed by atoms with van der Waals surface area (Å²) in [7, 11) is 0. The van der Waals surface area contributed by atoms with Gasteiger partial charge in [-0.1, -0.05) is 12.8 Å². The standard InChI is InChI=1S/C14H24N2O4/c17-13(18)10-16(12-3-1-2-4-12)14(19)15-9-11-5-7-20-8-6-11/h11-12H,1-10H2,(H,15,19)(H,17,18). The van der Waals surface area contributed by atoms with Crippen molar-refractivity contribution >= 4 is 12.0 Å². The molecule has 6 heteroatoms. The van der Waals surface area contributed by atoms with E-state index in [-0.39, 0.29) is 18.6 Å². The van der Waals surface area contributed by atoms with Gasteiger partial charge in [0, 0.05) is 25.8 Å². The summed E-state index contributed by atoms with van der Waals surface area (Å²) in [5.41, 5.74) is 0. The van der Waals surface area contributed by atoms with E-state index in [0.29, 0.717) is 12.5 Å².